The first-order valence-corrected chi connectivity index (χ1v) is 7.59. The number of hydrazone groups is 1. The van der Waals surface area contributed by atoms with Crippen LogP contribution in [-0.4, -0.2) is 15.7 Å². The van der Waals surface area contributed by atoms with E-state index in [1.807, 2.05) is 50.2 Å². The van der Waals surface area contributed by atoms with Crippen molar-refractivity contribution in [2.75, 3.05) is 5.43 Å². The molecule has 4 nitrogen and oxygen atoms in total. The lowest BCUT2D eigenvalue weighted by molar-refractivity contribution is 0.628. The van der Waals surface area contributed by atoms with Crippen LogP contribution in [0.1, 0.15) is 18.3 Å². The number of aryl methyl sites for hydroxylation is 1. The Morgan fingerprint density at radius 3 is 2.42 bits per heavy atom. The zero-order valence-electron chi connectivity index (χ0n) is 13.5. The van der Waals surface area contributed by atoms with Gasteiger partial charge in [-0.15, -0.1) is 0 Å². The van der Waals surface area contributed by atoms with Crippen molar-refractivity contribution in [3.05, 3.63) is 77.9 Å². The minimum absolute atomic E-state index is 0.265. The number of hydrogen-bond donors (Lipinski definition) is 1. The lowest BCUT2D eigenvalue weighted by atomic mass is 10.1. The fourth-order valence-corrected chi connectivity index (χ4v) is 2.28. The standard InChI is InChI=1S/C19H17FN4/c1-13(15-8-10-17(20)11-9-15)23-24-19-12-18(21-14(2)22-19)16-6-4-3-5-7-16/h3-12H,1-2H3,(H,21,22,24). The van der Waals surface area contributed by atoms with Gasteiger partial charge < -0.3 is 0 Å². The van der Waals surface area contributed by atoms with E-state index < -0.39 is 0 Å². The van der Waals surface area contributed by atoms with Crippen molar-refractivity contribution in [3.63, 3.8) is 0 Å². The zero-order valence-corrected chi connectivity index (χ0v) is 13.5. The van der Waals surface area contributed by atoms with Crippen LogP contribution in [0.2, 0.25) is 0 Å². The molecule has 1 heterocycles. The van der Waals surface area contributed by atoms with Gasteiger partial charge in [0.15, 0.2) is 0 Å². The number of anilines is 1. The highest BCUT2D eigenvalue weighted by Gasteiger charge is 2.04. The van der Waals surface area contributed by atoms with E-state index in [0.29, 0.717) is 11.6 Å². The Labute approximate surface area is 140 Å². The van der Waals surface area contributed by atoms with Crippen molar-refractivity contribution in [2.45, 2.75) is 13.8 Å². The molecule has 0 aliphatic heterocycles. The smallest absolute Gasteiger partial charge is 0.150 e. The van der Waals surface area contributed by atoms with E-state index in [2.05, 4.69) is 20.5 Å². The first-order chi connectivity index (χ1) is 11.6. The van der Waals surface area contributed by atoms with E-state index >= 15 is 0 Å². The Morgan fingerprint density at radius 2 is 1.71 bits per heavy atom. The number of benzene rings is 2. The van der Waals surface area contributed by atoms with Gasteiger partial charge in [-0.1, -0.05) is 42.5 Å². The summed E-state index contributed by atoms with van der Waals surface area (Å²) in [6.45, 7) is 3.69. The van der Waals surface area contributed by atoms with E-state index in [-0.39, 0.29) is 5.82 Å². The number of aromatic nitrogens is 2. The maximum atomic E-state index is 13.0. The number of halogens is 1. The van der Waals surface area contributed by atoms with Crippen LogP contribution in [0.15, 0.2) is 65.8 Å². The van der Waals surface area contributed by atoms with Crippen LogP contribution < -0.4 is 5.43 Å². The predicted octanol–water partition coefficient (Wildman–Crippen LogP) is 4.43. The average Bonchev–Trinajstić information content (AvgIpc) is 2.60. The summed E-state index contributed by atoms with van der Waals surface area (Å²) in [6, 6.07) is 18.0. The molecule has 0 saturated heterocycles. The van der Waals surface area contributed by atoms with E-state index in [0.717, 1.165) is 22.5 Å². The third kappa shape index (κ3) is 3.81. The second kappa shape index (κ2) is 7.00. The summed E-state index contributed by atoms with van der Waals surface area (Å²) < 4.78 is 13.0. The van der Waals surface area contributed by atoms with Gasteiger partial charge in [0.2, 0.25) is 0 Å². The van der Waals surface area contributed by atoms with Gasteiger partial charge in [0.1, 0.15) is 17.5 Å². The van der Waals surface area contributed by atoms with E-state index in [9.17, 15) is 4.39 Å². The molecule has 1 aromatic heterocycles. The number of hydrogen-bond acceptors (Lipinski definition) is 4. The van der Waals surface area contributed by atoms with Crippen LogP contribution in [0.5, 0.6) is 0 Å². The molecular weight excluding hydrogens is 303 g/mol. The highest BCUT2D eigenvalue weighted by atomic mass is 19.1. The number of nitrogens with one attached hydrogen (secondary N) is 1. The van der Waals surface area contributed by atoms with Crippen molar-refractivity contribution in [1.29, 1.82) is 0 Å². The SMILES string of the molecule is CC(=NNc1cc(-c2ccccc2)nc(C)n1)c1ccc(F)cc1. The van der Waals surface area contributed by atoms with Crippen molar-refractivity contribution < 1.29 is 4.39 Å². The summed E-state index contributed by atoms with van der Waals surface area (Å²) in [6.07, 6.45) is 0. The van der Waals surface area contributed by atoms with Crippen molar-refractivity contribution in [2.24, 2.45) is 5.10 Å². The fraction of sp³-hybridized carbons (Fsp3) is 0.105. The Kier molecular flexibility index (Phi) is 4.61. The maximum absolute atomic E-state index is 13.0. The molecule has 0 spiro atoms. The summed E-state index contributed by atoms with van der Waals surface area (Å²) in [5, 5.41) is 4.32. The topological polar surface area (TPSA) is 50.2 Å². The van der Waals surface area contributed by atoms with Crippen LogP contribution in [0.25, 0.3) is 11.3 Å². The van der Waals surface area contributed by atoms with Gasteiger partial charge in [-0.25, -0.2) is 14.4 Å². The third-order valence-electron chi connectivity index (χ3n) is 3.51. The van der Waals surface area contributed by atoms with Gasteiger partial charge in [0, 0.05) is 11.6 Å². The van der Waals surface area contributed by atoms with Gasteiger partial charge in [-0.05, 0) is 31.5 Å². The minimum Gasteiger partial charge on any atom is -0.261 e. The van der Waals surface area contributed by atoms with E-state index in [1.54, 1.807) is 12.1 Å². The Morgan fingerprint density at radius 1 is 1.00 bits per heavy atom. The fourth-order valence-electron chi connectivity index (χ4n) is 2.28. The quantitative estimate of drug-likeness (QED) is 0.571. The molecule has 0 radical (unpaired) electrons. The molecule has 0 fully saturated rings. The maximum Gasteiger partial charge on any atom is 0.150 e. The molecule has 0 saturated carbocycles. The first-order valence-electron chi connectivity index (χ1n) is 7.59. The van der Waals surface area contributed by atoms with Crippen LogP contribution in [0.4, 0.5) is 10.2 Å². The molecule has 120 valence electrons. The molecule has 3 aromatic rings. The molecule has 0 amide bonds. The lowest BCUT2D eigenvalue weighted by Crippen LogP contribution is -2.03. The number of rotatable bonds is 4. The molecular formula is C19H17FN4. The van der Waals surface area contributed by atoms with Gasteiger partial charge in [0.25, 0.3) is 0 Å². The summed E-state index contributed by atoms with van der Waals surface area (Å²) in [5.74, 6) is 1.01. The predicted molar refractivity (Wildman–Crippen MR) is 94.4 cm³/mol. The summed E-state index contributed by atoms with van der Waals surface area (Å²) in [5.41, 5.74) is 6.39. The Bertz CT molecular complexity index is 858. The van der Waals surface area contributed by atoms with Gasteiger partial charge in [-0.2, -0.15) is 5.10 Å². The van der Waals surface area contributed by atoms with Crippen molar-refractivity contribution in [3.8, 4) is 11.3 Å². The van der Waals surface area contributed by atoms with Crippen molar-refractivity contribution >= 4 is 11.5 Å². The second-order valence-electron chi connectivity index (χ2n) is 5.37. The molecule has 2 aromatic carbocycles. The van der Waals surface area contributed by atoms with E-state index in [1.165, 1.54) is 12.1 Å². The summed E-state index contributed by atoms with van der Waals surface area (Å²) >= 11 is 0. The molecule has 5 heteroatoms. The van der Waals surface area contributed by atoms with E-state index in [4.69, 9.17) is 0 Å². The molecule has 0 bridgehead atoms. The highest BCUT2D eigenvalue weighted by Crippen LogP contribution is 2.19. The molecule has 0 aliphatic rings. The number of nitrogens with zero attached hydrogens (tertiary/aromatic N) is 3. The monoisotopic (exact) mass is 320 g/mol. The first kappa shape index (κ1) is 15.8. The van der Waals surface area contributed by atoms with Crippen LogP contribution in [0, 0.1) is 12.7 Å². The third-order valence-corrected chi connectivity index (χ3v) is 3.51. The summed E-state index contributed by atoms with van der Waals surface area (Å²) in [4.78, 5) is 8.81. The van der Waals surface area contributed by atoms with Gasteiger partial charge >= 0.3 is 0 Å². The molecule has 0 aliphatic carbocycles. The highest BCUT2D eigenvalue weighted by molar-refractivity contribution is 5.99. The van der Waals surface area contributed by atoms with Gasteiger partial charge in [0.05, 0.1) is 11.4 Å². The Balaban J connectivity index is 1.84. The van der Waals surface area contributed by atoms with Crippen molar-refractivity contribution in [1.82, 2.24) is 9.97 Å². The molecule has 1 N–H and O–H groups in total. The average molecular weight is 320 g/mol. The zero-order chi connectivity index (χ0) is 16.9. The molecule has 3 rings (SSSR count). The molecule has 0 atom stereocenters. The largest absolute Gasteiger partial charge is 0.261 e. The molecule has 24 heavy (non-hydrogen) atoms. The minimum atomic E-state index is -0.265. The lowest BCUT2D eigenvalue weighted by Gasteiger charge is -2.07. The molecule has 0 unspecified atom stereocenters. The van der Waals surface area contributed by atoms with Crippen LogP contribution >= 0.6 is 0 Å². The normalized spacial score (nSPS) is 11.4. The van der Waals surface area contributed by atoms with Crippen LogP contribution in [-0.2, 0) is 0 Å². The Hall–Kier alpha value is -3.08. The van der Waals surface area contributed by atoms with Crippen LogP contribution in [0.3, 0.4) is 0 Å². The summed E-state index contributed by atoms with van der Waals surface area (Å²) in [7, 11) is 0. The van der Waals surface area contributed by atoms with Gasteiger partial charge in [-0.3, -0.25) is 5.43 Å². The second-order valence-corrected chi connectivity index (χ2v) is 5.37.